The summed E-state index contributed by atoms with van der Waals surface area (Å²) in [6, 6.07) is 7.18. The lowest BCUT2D eigenvalue weighted by Crippen LogP contribution is -2.14. The largest absolute Gasteiger partial charge is 0.325 e. The average Bonchev–Trinajstić information content (AvgIpc) is 2.94. The van der Waals surface area contributed by atoms with Gasteiger partial charge in [0.15, 0.2) is 10.9 Å². The van der Waals surface area contributed by atoms with Crippen molar-refractivity contribution in [1.82, 2.24) is 9.55 Å². The molecule has 1 heterocycles. The Kier molecular flexibility index (Phi) is 5.38. The smallest absolute Gasteiger partial charge is 0.234 e. The molecule has 0 bridgehead atoms. The van der Waals surface area contributed by atoms with Crippen molar-refractivity contribution in [3.05, 3.63) is 42.2 Å². The number of thioether (sulfide) groups is 1. The number of aromatic nitrogens is 2. The minimum atomic E-state index is -0.0983. The molecule has 0 aliphatic heterocycles. The van der Waals surface area contributed by atoms with Gasteiger partial charge in [-0.25, -0.2) is 4.98 Å². The van der Waals surface area contributed by atoms with E-state index in [2.05, 4.69) is 24.1 Å². The van der Waals surface area contributed by atoms with E-state index in [4.69, 9.17) is 0 Å². The highest BCUT2D eigenvalue weighted by Gasteiger charge is 2.10. The molecule has 0 radical (unpaired) electrons. The molecule has 0 saturated carbocycles. The molecular weight excluding hydrogens is 298 g/mol. The monoisotopic (exact) mass is 317 g/mol. The van der Waals surface area contributed by atoms with Gasteiger partial charge in [-0.05, 0) is 45.0 Å². The summed E-state index contributed by atoms with van der Waals surface area (Å²) in [5.41, 5.74) is 1.31. The third kappa shape index (κ3) is 4.21. The molecule has 1 N–H and O–H groups in total. The van der Waals surface area contributed by atoms with Crippen molar-refractivity contribution < 1.29 is 9.59 Å². The zero-order valence-electron chi connectivity index (χ0n) is 12.9. The van der Waals surface area contributed by atoms with Crippen molar-refractivity contribution in [3.63, 3.8) is 0 Å². The Morgan fingerprint density at radius 3 is 2.55 bits per heavy atom. The summed E-state index contributed by atoms with van der Waals surface area (Å²) in [4.78, 5) is 27.4. The predicted molar refractivity (Wildman–Crippen MR) is 88.4 cm³/mol. The van der Waals surface area contributed by atoms with Crippen molar-refractivity contribution in [2.75, 3.05) is 11.1 Å². The molecule has 0 aliphatic carbocycles. The van der Waals surface area contributed by atoms with E-state index >= 15 is 0 Å². The van der Waals surface area contributed by atoms with E-state index < -0.39 is 0 Å². The molecule has 1 aromatic carbocycles. The molecule has 0 saturated heterocycles. The average molecular weight is 317 g/mol. The van der Waals surface area contributed by atoms with Crippen LogP contribution in [0.5, 0.6) is 0 Å². The molecular formula is C16H19N3O2S. The van der Waals surface area contributed by atoms with Gasteiger partial charge in [-0.1, -0.05) is 11.8 Å². The van der Waals surface area contributed by atoms with E-state index in [1.807, 2.05) is 10.8 Å². The highest BCUT2D eigenvalue weighted by Crippen LogP contribution is 2.20. The Labute approximate surface area is 134 Å². The zero-order valence-corrected chi connectivity index (χ0v) is 13.7. The van der Waals surface area contributed by atoms with Gasteiger partial charge < -0.3 is 9.88 Å². The highest BCUT2D eigenvalue weighted by molar-refractivity contribution is 7.99. The number of Topliss-reactive ketones (excluding diaryl/α,β-unsaturated/α-hetero) is 1. The van der Waals surface area contributed by atoms with Crippen LogP contribution in [-0.2, 0) is 4.79 Å². The molecule has 0 spiro atoms. The second kappa shape index (κ2) is 7.26. The quantitative estimate of drug-likeness (QED) is 0.655. The summed E-state index contributed by atoms with van der Waals surface area (Å²) in [7, 11) is 0. The van der Waals surface area contributed by atoms with Crippen molar-refractivity contribution in [1.29, 1.82) is 0 Å². The SMILES string of the molecule is CC(=O)c1ccc(NC(=O)CSc2nccn2C(C)C)cc1. The number of amides is 1. The van der Waals surface area contributed by atoms with Crippen LogP contribution >= 0.6 is 11.8 Å². The Morgan fingerprint density at radius 1 is 1.27 bits per heavy atom. The normalized spacial score (nSPS) is 10.7. The predicted octanol–water partition coefficient (Wildman–Crippen LogP) is 3.40. The summed E-state index contributed by atoms with van der Waals surface area (Å²) < 4.78 is 2.03. The maximum absolute atomic E-state index is 12.0. The first-order chi connectivity index (χ1) is 10.5. The second-order valence-electron chi connectivity index (χ2n) is 5.18. The number of ketones is 1. The molecule has 0 atom stereocenters. The summed E-state index contributed by atoms with van der Waals surface area (Å²) >= 11 is 1.40. The molecule has 2 aromatic rings. The number of benzene rings is 1. The molecule has 0 aliphatic rings. The van der Waals surface area contributed by atoms with Gasteiger partial charge >= 0.3 is 0 Å². The van der Waals surface area contributed by atoms with E-state index in [-0.39, 0.29) is 17.4 Å². The van der Waals surface area contributed by atoms with Crippen LogP contribution in [0.15, 0.2) is 41.8 Å². The van der Waals surface area contributed by atoms with Crippen LogP contribution in [-0.4, -0.2) is 27.0 Å². The molecule has 2 rings (SSSR count). The van der Waals surface area contributed by atoms with Crippen LogP contribution in [0.1, 0.15) is 37.2 Å². The third-order valence-electron chi connectivity index (χ3n) is 3.10. The van der Waals surface area contributed by atoms with Gasteiger partial charge in [-0.2, -0.15) is 0 Å². The Bertz CT molecular complexity index is 662. The summed E-state index contributed by atoms with van der Waals surface area (Å²) in [6.07, 6.45) is 3.64. The summed E-state index contributed by atoms with van der Waals surface area (Å²) in [6.45, 7) is 5.66. The van der Waals surface area contributed by atoms with Gasteiger partial charge in [-0.3, -0.25) is 9.59 Å². The Morgan fingerprint density at radius 2 is 1.95 bits per heavy atom. The van der Waals surface area contributed by atoms with Crippen molar-refractivity contribution >= 4 is 29.1 Å². The van der Waals surface area contributed by atoms with Crippen molar-refractivity contribution in [2.45, 2.75) is 32.0 Å². The maximum Gasteiger partial charge on any atom is 0.234 e. The fourth-order valence-corrected chi connectivity index (χ4v) is 2.81. The molecule has 1 aromatic heterocycles. The molecule has 116 valence electrons. The number of nitrogens with zero attached hydrogens (tertiary/aromatic N) is 2. The number of anilines is 1. The van der Waals surface area contributed by atoms with Gasteiger partial charge in [0.05, 0.1) is 5.75 Å². The number of hydrogen-bond acceptors (Lipinski definition) is 4. The number of imidazole rings is 1. The molecule has 1 amide bonds. The third-order valence-corrected chi connectivity index (χ3v) is 4.08. The number of carbonyl (C=O) groups is 2. The van der Waals surface area contributed by atoms with Crippen LogP contribution in [0.25, 0.3) is 0 Å². The topological polar surface area (TPSA) is 64.0 Å². The van der Waals surface area contributed by atoms with Crippen LogP contribution in [0.2, 0.25) is 0 Å². The minimum absolute atomic E-state index is 0.00829. The first-order valence-corrected chi connectivity index (χ1v) is 8.02. The van der Waals surface area contributed by atoms with E-state index in [1.165, 1.54) is 18.7 Å². The van der Waals surface area contributed by atoms with E-state index in [9.17, 15) is 9.59 Å². The lowest BCUT2D eigenvalue weighted by atomic mass is 10.1. The first kappa shape index (κ1) is 16.3. The van der Waals surface area contributed by atoms with Crippen molar-refractivity contribution in [3.8, 4) is 0 Å². The lowest BCUT2D eigenvalue weighted by molar-refractivity contribution is -0.113. The lowest BCUT2D eigenvalue weighted by Gasteiger charge is -2.10. The van der Waals surface area contributed by atoms with Gasteiger partial charge in [-0.15, -0.1) is 0 Å². The van der Waals surface area contributed by atoms with Crippen LogP contribution in [0.3, 0.4) is 0 Å². The summed E-state index contributed by atoms with van der Waals surface area (Å²) in [5.74, 6) is 0.200. The fourth-order valence-electron chi connectivity index (χ4n) is 1.92. The molecule has 0 unspecified atom stereocenters. The van der Waals surface area contributed by atoms with E-state index in [0.717, 1.165) is 5.16 Å². The van der Waals surface area contributed by atoms with Crippen molar-refractivity contribution in [2.24, 2.45) is 0 Å². The fraction of sp³-hybridized carbons (Fsp3) is 0.312. The Balaban J connectivity index is 1.90. The molecule has 5 nitrogen and oxygen atoms in total. The molecule has 6 heteroatoms. The number of nitrogens with one attached hydrogen (secondary N) is 1. The van der Waals surface area contributed by atoms with E-state index in [1.54, 1.807) is 30.5 Å². The maximum atomic E-state index is 12.0. The number of hydrogen-bond donors (Lipinski definition) is 1. The minimum Gasteiger partial charge on any atom is -0.325 e. The standard InChI is InChI=1S/C16H19N3O2S/c1-11(2)19-9-8-17-16(19)22-10-15(21)18-14-6-4-13(5-7-14)12(3)20/h4-9,11H,10H2,1-3H3,(H,18,21). The van der Waals surface area contributed by atoms with Crippen LogP contribution in [0.4, 0.5) is 5.69 Å². The number of carbonyl (C=O) groups excluding carboxylic acids is 2. The first-order valence-electron chi connectivity index (χ1n) is 7.04. The van der Waals surface area contributed by atoms with Gasteiger partial charge in [0.25, 0.3) is 0 Å². The number of rotatable bonds is 6. The van der Waals surface area contributed by atoms with Gasteiger partial charge in [0.2, 0.25) is 5.91 Å². The second-order valence-corrected chi connectivity index (χ2v) is 6.12. The van der Waals surface area contributed by atoms with Gasteiger partial charge in [0, 0.05) is 29.7 Å². The highest BCUT2D eigenvalue weighted by atomic mass is 32.2. The van der Waals surface area contributed by atoms with Crippen LogP contribution < -0.4 is 5.32 Å². The van der Waals surface area contributed by atoms with E-state index in [0.29, 0.717) is 17.3 Å². The van der Waals surface area contributed by atoms with Gasteiger partial charge in [0.1, 0.15) is 0 Å². The zero-order chi connectivity index (χ0) is 16.1. The van der Waals surface area contributed by atoms with Crippen LogP contribution in [0, 0.1) is 0 Å². The summed E-state index contributed by atoms with van der Waals surface area (Å²) in [5, 5.41) is 3.64. The molecule has 22 heavy (non-hydrogen) atoms. The molecule has 0 fully saturated rings. The Hall–Kier alpha value is -2.08.